The van der Waals surface area contributed by atoms with E-state index in [9.17, 15) is 9.59 Å². The molecule has 1 aromatic carbocycles. The molecule has 6 heteroatoms. The number of nitrogens with zero attached hydrogens (tertiary/aromatic N) is 1. The molecule has 6 nitrogen and oxygen atoms in total. The Kier molecular flexibility index (Phi) is 3.36. The van der Waals surface area contributed by atoms with Crippen molar-refractivity contribution < 1.29 is 14.3 Å². The van der Waals surface area contributed by atoms with Crippen molar-refractivity contribution >= 4 is 17.6 Å². The van der Waals surface area contributed by atoms with Crippen LogP contribution in [0.1, 0.15) is 5.56 Å². The SMILES string of the molecule is Cc1cc(N)ccc1OCC(=O)N1CCNC1=O. The van der Waals surface area contributed by atoms with Gasteiger partial charge in [0.1, 0.15) is 5.75 Å². The number of aryl methyl sites for hydroxylation is 1. The van der Waals surface area contributed by atoms with Crippen molar-refractivity contribution in [1.29, 1.82) is 0 Å². The molecule has 3 amide bonds. The molecule has 1 fully saturated rings. The van der Waals surface area contributed by atoms with Crippen LogP contribution < -0.4 is 15.8 Å². The second kappa shape index (κ2) is 4.95. The first kappa shape index (κ1) is 12.2. The standard InChI is InChI=1S/C12H15N3O3/c1-8-6-9(13)2-3-10(8)18-7-11(16)15-5-4-14-12(15)17/h2-3,6H,4-5,7,13H2,1H3,(H,14,17). The Bertz CT molecular complexity index is 487. The Morgan fingerprint density at radius 2 is 2.33 bits per heavy atom. The molecule has 1 saturated heterocycles. The number of benzene rings is 1. The Morgan fingerprint density at radius 1 is 1.56 bits per heavy atom. The largest absolute Gasteiger partial charge is 0.483 e. The number of amides is 3. The molecule has 18 heavy (non-hydrogen) atoms. The predicted molar refractivity (Wildman–Crippen MR) is 66.2 cm³/mol. The van der Waals surface area contributed by atoms with Gasteiger partial charge in [-0.05, 0) is 30.7 Å². The lowest BCUT2D eigenvalue weighted by Crippen LogP contribution is -2.37. The molecule has 0 aromatic heterocycles. The van der Waals surface area contributed by atoms with Gasteiger partial charge in [-0.1, -0.05) is 0 Å². The van der Waals surface area contributed by atoms with Crippen LogP contribution >= 0.6 is 0 Å². The normalized spacial score (nSPS) is 14.5. The molecule has 1 aromatic rings. The fourth-order valence-corrected chi connectivity index (χ4v) is 1.76. The number of anilines is 1. The van der Waals surface area contributed by atoms with E-state index >= 15 is 0 Å². The quantitative estimate of drug-likeness (QED) is 0.764. The third-order valence-electron chi connectivity index (χ3n) is 2.71. The average Bonchev–Trinajstić information content (AvgIpc) is 2.74. The molecule has 0 saturated carbocycles. The van der Waals surface area contributed by atoms with Gasteiger partial charge in [-0.25, -0.2) is 4.79 Å². The summed E-state index contributed by atoms with van der Waals surface area (Å²) < 4.78 is 5.39. The van der Waals surface area contributed by atoms with E-state index in [0.29, 0.717) is 24.5 Å². The Hall–Kier alpha value is -2.24. The lowest BCUT2D eigenvalue weighted by Gasteiger charge is -2.14. The van der Waals surface area contributed by atoms with Crippen LogP contribution in [0.5, 0.6) is 5.75 Å². The molecule has 0 aliphatic carbocycles. The molecule has 0 atom stereocenters. The summed E-state index contributed by atoms with van der Waals surface area (Å²) in [5, 5.41) is 2.56. The number of imide groups is 1. The molecule has 0 bridgehead atoms. The predicted octanol–water partition coefficient (Wildman–Crippen LogP) is 0.508. The highest BCUT2D eigenvalue weighted by atomic mass is 16.5. The van der Waals surface area contributed by atoms with Gasteiger partial charge in [0.25, 0.3) is 5.91 Å². The number of hydrogen-bond donors (Lipinski definition) is 2. The number of nitrogens with one attached hydrogen (secondary N) is 1. The maximum absolute atomic E-state index is 11.7. The summed E-state index contributed by atoms with van der Waals surface area (Å²) in [7, 11) is 0. The van der Waals surface area contributed by atoms with Gasteiger partial charge in [0.2, 0.25) is 0 Å². The maximum atomic E-state index is 11.7. The molecule has 3 N–H and O–H groups in total. The van der Waals surface area contributed by atoms with E-state index in [1.165, 1.54) is 0 Å². The van der Waals surface area contributed by atoms with E-state index < -0.39 is 0 Å². The Balaban J connectivity index is 1.95. The summed E-state index contributed by atoms with van der Waals surface area (Å²) >= 11 is 0. The van der Waals surface area contributed by atoms with Crippen LogP contribution in [0, 0.1) is 6.92 Å². The van der Waals surface area contributed by atoms with Crippen LogP contribution in [-0.2, 0) is 4.79 Å². The fraction of sp³-hybridized carbons (Fsp3) is 0.333. The number of rotatable bonds is 3. The van der Waals surface area contributed by atoms with E-state index in [1.54, 1.807) is 18.2 Å². The highest BCUT2D eigenvalue weighted by molar-refractivity contribution is 5.96. The summed E-state index contributed by atoms with van der Waals surface area (Å²) in [4.78, 5) is 24.1. The van der Waals surface area contributed by atoms with Gasteiger partial charge in [-0.2, -0.15) is 0 Å². The van der Waals surface area contributed by atoms with Gasteiger partial charge >= 0.3 is 6.03 Å². The highest BCUT2D eigenvalue weighted by Gasteiger charge is 2.26. The third-order valence-corrected chi connectivity index (χ3v) is 2.71. The lowest BCUT2D eigenvalue weighted by atomic mass is 10.2. The first-order chi connectivity index (χ1) is 8.58. The number of carbonyl (C=O) groups excluding carboxylic acids is 2. The van der Waals surface area contributed by atoms with Crippen LogP contribution in [-0.4, -0.2) is 36.5 Å². The molecule has 0 radical (unpaired) electrons. The first-order valence-electron chi connectivity index (χ1n) is 5.65. The first-order valence-corrected chi connectivity index (χ1v) is 5.65. The van der Waals surface area contributed by atoms with E-state index in [0.717, 1.165) is 10.5 Å². The second-order valence-corrected chi connectivity index (χ2v) is 4.09. The molecule has 1 aliphatic heterocycles. The van der Waals surface area contributed by atoms with Crippen LogP contribution in [0.2, 0.25) is 0 Å². The van der Waals surface area contributed by atoms with Gasteiger partial charge in [0.05, 0.1) is 0 Å². The lowest BCUT2D eigenvalue weighted by molar-refractivity contribution is -0.129. The summed E-state index contributed by atoms with van der Waals surface area (Å²) in [5.41, 5.74) is 7.12. The molecule has 1 aliphatic rings. The minimum Gasteiger partial charge on any atom is -0.483 e. The van der Waals surface area contributed by atoms with Crippen LogP contribution in [0.3, 0.4) is 0 Å². The number of nitrogen functional groups attached to an aromatic ring is 1. The molecule has 0 unspecified atom stereocenters. The molecule has 1 heterocycles. The zero-order valence-corrected chi connectivity index (χ0v) is 10.1. The minimum absolute atomic E-state index is 0.155. The van der Waals surface area contributed by atoms with E-state index in [2.05, 4.69) is 5.32 Å². The van der Waals surface area contributed by atoms with Crippen molar-refractivity contribution in [1.82, 2.24) is 10.2 Å². The smallest absolute Gasteiger partial charge is 0.324 e. The highest BCUT2D eigenvalue weighted by Crippen LogP contribution is 2.20. The fourth-order valence-electron chi connectivity index (χ4n) is 1.76. The van der Waals surface area contributed by atoms with Gasteiger partial charge in [0.15, 0.2) is 6.61 Å². The van der Waals surface area contributed by atoms with E-state index in [-0.39, 0.29) is 18.5 Å². The van der Waals surface area contributed by atoms with E-state index in [4.69, 9.17) is 10.5 Å². The topological polar surface area (TPSA) is 84.7 Å². The summed E-state index contributed by atoms with van der Waals surface area (Å²) in [6, 6.07) is 4.82. The van der Waals surface area contributed by atoms with Crippen LogP contribution in [0.25, 0.3) is 0 Å². The molecular weight excluding hydrogens is 234 g/mol. The van der Waals surface area contributed by atoms with Crippen molar-refractivity contribution in [3.8, 4) is 5.75 Å². The van der Waals surface area contributed by atoms with Crippen LogP contribution in [0.4, 0.5) is 10.5 Å². The number of ether oxygens (including phenoxy) is 1. The van der Waals surface area contributed by atoms with Crippen LogP contribution in [0.15, 0.2) is 18.2 Å². The summed E-state index contributed by atoms with van der Waals surface area (Å²) in [6.07, 6.45) is 0. The van der Waals surface area contributed by atoms with Crippen molar-refractivity contribution in [3.63, 3.8) is 0 Å². The molecule has 2 rings (SSSR count). The maximum Gasteiger partial charge on any atom is 0.324 e. The van der Waals surface area contributed by atoms with Crippen molar-refractivity contribution in [2.75, 3.05) is 25.4 Å². The van der Waals surface area contributed by atoms with Gasteiger partial charge < -0.3 is 15.8 Å². The number of nitrogens with two attached hydrogens (primary N) is 1. The van der Waals surface area contributed by atoms with Crippen molar-refractivity contribution in [2.24, 2.45) is 0 Å². The van der Waals surface area contributed by atoms with Crippen molar-refractivity contribution in [3.05, 3.63) is 23.8 Å². The number of carbonyl (C=O) groups is 2. The summed E-state index contributed by atoms with van der Waals surface area (Å²) in [5.74, 6) is 0.249. The zero-order valence-electron chi connectivity index (χ0n) is 10.1. The third kappa shape index (κ3) is 2.53. The van der Waals surface area contributed by atoms with Gasteiger partial charge in [-0.15, -0.1) is 0 Å². The van der Waals surface area contributed by atoms with Gasteiger partial charge in [-0.3, -0.25) is 9.69 Å². The Labute approximate surface area is 105 Å². The van der Waals surface area contributed by atoms with E-state index in [1.807, 2.05) is 6.92 Å². The van der Waals surface area contributed by atoms with Crippen molar-refractivity contribution in [2.45, 2.75) is 6.92 Å². The second-order valence-electron chi connectivity index (χ2n) is 4.09. The number of urea groups is 1. The molecular formula is C12H15N3O3. The summed E-state index contributed by atoms with van der Waals surface area (Å²) in [6.45, 7) is 2.57. The number of hydrogen-bond acceptors (Lipinski definition) is 4. The zero-order chi connectivity index (χ0) is 13.1. The van der Waals surface area contributed by atoms with Gasteiger partial charge in [0, 0.05) is 18.8 Å². The minimum atomic E-state index is -0.363. The molecule has 96 valence electrons. The average molecular weight is 249 g/mol. The Morgan fingerprint density at radius 3 is 2.94 bits per heavy atom. The monoisotopic (exact) mass is 249 g/mol. The molecule has 0 spiro atoms.